The summed E-state index contributed by atoms with van der Waals surface area (Å²) in [5, 5.41) is 9.56. The van der Waals surface area contributed by atoms with Gasteiger partial charge in [0.15, 0.2) is 0 Å². The molecule has 0 rings (SSSR count). The first-order valence-corrected chi connectivity index (χ1v) is 4.37. The first-order valence-electron chi connectivity index (χ1n) is 4.37. The normalized spacial score (nSPS) is 15.9. The summed E-state index contributed by atoms with van der Waals surface area (Å²) in [6.45, 7) is 0. The van der Waals surface area contributed by atoms with Crippen molar-refractivity contribution in [3.8, 4) is 0 Å². The number of carbonyl (C=O) groups is 1. The van der Waals surface area contributed by atoms with Crippen LogP contribution in [0.15, 0.2) is 0 Å². The van der Waals surface area contributed by atoms with Crippen molar-refractivity contribution < 1.29 is 67.0 Å². The highest BCUT2D eigenvalue weighted by Crippen LogP contribution is 2.60. The van der Waals surface area contributed by atoms with E-state index in [2.05, 4.69) is 0 Å². The fraction of sp³-hybridized carbons (Fsp3) is 0.857. The molecule has 0 heterocycles. The molecule has 0 aromatic rings. The minimum absolute atomic E-state index is 4.40. The van der Waals surface area contributed by atoms with Crippen LogP contribution < -0.4 is 5.11 Å². The quantitative estimate of drug-likeness (QED) is 0.705. The summed E-state index contributed by atoms with van der Waals surface area (Å²) in [5.74, 6) is -43.5. The van der Waals surface area contributed by atoms with Crippen LogP contribution in [0.25, 0.3) is 0 Å². The van der Waals surface area contributed by atoms with Crippen molar-refractivity contribution in [1.82, 2.24) is 0 Å². The van der Waals surface area contributed by atoms with E-state index in [1.165, 1.54) is 0 Å². The summed E-state index contributed by atoms with van der Waals surface area (Å²) >= 11 is 0. The number of aliphatic carboxylic acids is 1. The summed E-state index contributed by atoms with van der Waals surface area (Å²) < 4.78 is 159. The molecule has 0 aliphatic heterocycles. The third-order valence-corrected chi connectivity index (χ3v) is 2.19. The summed E-state index contributed by atoms with van der Waals surface area (Å²) in [7, 11) is 0. The molecule has 22 heavy (non-hydrogen) atoms. The van der Waals surface area contributed by atoms with Crippen molar-refractivity contribution in [3.05, 3.63) is 0 Å². The Bertz CT molecular complexity index is 448. The summed E-state index contributed by atoms with van der Waals surface area (Å²) in [6, 6.07) is 0. The number of alkyl halides is 13. The summed E-state index contributed by atoms with van der Waals surface area (Å²) in [6.07, 6.45) is -7.53. The molecule has 0 spiro atoms. The van der Waals surface area contributed by atoms with Crippen molar-refractivity contribution in [3.63, 3.8) is 0 Å². The molecule has 0 aliphatic carbocycles. The Morgan fingerprint density at radius 1 is 0.545 bits per heavy atom. The van der Waals surface area contributed by atoms with E-state index in [0.717, 1.165) is 0 Å². The van der Waals surface area contributed by atoms with Gasteiger partial charge in [-0.1, -0.05) is 0 Å². The highest BCUT2D eigenvalue weighted by atomic mass is 19.4. The maximum Gasteiger partial charge on any atom is 0.460 e. The number of carboxylic acid groups (broad SMARTS) is 1. The molecule has 15 heteroatoms. The zero-order chi connectivity index (χ0) is 18.6. The number of hydrogen-bond donors (Lipinski definition) is 0. The van der Waals surface area contributed by atoms with Crippen molar-refractivity contribution in [2.45, 2.75) is 35.8 Å². The molecule has 0 atom stereocenters. The van der Waals surface area contributed by atoms with Crippen LogP contribution in [0.3, 0.4) is 0 Å². The fourth-order valence-electron chi connectivity index (χ4n) is 0.898. The van der Waals surface area contributed by atoms with Gasteiger partial charge in [0.25, 0.3) is 0 Å². The van der Waals surface area contributed by atoms with Crippen LogP contribution in [0.4, 0.5) is 57.1 Å². The van der Waals surface area contributed by atoms with Crippen LogP contribution in [-0.2, 0) is 4.79 Å². The van der Waals surface area contributed by atoms with Crippen LogP contribution in [-0.4, -0.2) is 41.8 Å². The second-order valence-electron chi connectivity index (χ2n) is 3.66. The molecule has 0 N–H and O–H groups in total. The molecule has 132 valence electrons. The highest BCUT2D eigenvalue weighted by Gasteiger charge is 2.90. The van der Waals surface area contributed by atoms with Gasteiger partial charge in [-0.3, -0.25) is 0 Å². The van der Waals surface area contributed by atoms with Gasteiger partial charge >= 0.3 is 35.8 Å². The largest absolute Gasteiger partial charge is 0.544 e. The molecule has 2 nitrogen and oxygen atoms in total. The third-order valence-electron chi connectivity index (χ3n) is 2.19. The lowest BCUT2D eigenvalue weighted by Gasteiger charge is -2.39. The predicted octanol–water partition coefficient (Wildman–Crippen LogP) is 2.48. The average Bonchev–Trinajstić information content (AvgIpc) is 2.25. The number of halogens is 13. The van der Waals surface area contributed by atoms with Crippen LogP contribution in [0.1, 0.15) is 0 Å². The van der Waals surface area contributed by atoms with Gasteiger partial charge in [-0.25, -0.2) is 0 Å². The topological polar surface area (TPSA) is 40.1 Å². The second kappa shape index (κ2) is 4.78. The highest BCUT2D eigenvalue weighted by molar-refractivity contribution is 5.75. The van der Waals surface area contributed by atoms with E-state index in [1.54, 1.807) is 0 Å². The maximum atomic E-state index is 12.6. The first kappa shape index (κ1) is 20.6. The summed E-state index contributed by atoms with van der Waals surface area (Å²) in [5.41, 5.74) is 0. The molecule has 0 saturated heterocycles. The molecule has 0 radical (unpaired) electrons. The molecular weight excluding hydrogens is 363 g/mol. The third kappa shape index (κ3) is 2.33. The van der Waals surface area contributed by atoms with E-state index in [0.29, 0.717) is 0 Å². The number of carbonyl (C=O) groups excluding carboxylic acids is 1. The van der Waals surface area contributed by atoms with E-state index in [-0.39, 0.29) is 0 Å². The Hall–Kier alpha value is -1.44. The van der Waals surface area contributed by atoms with Gasteiger partial charge in [0.2, 0.25) is 0 Å². The number of rotatable bonds is 5. The molecule has 0 fully saturated rings. The Morgan fingerprint density at radius 3 is 1.05 bits per heavy atom. The Balaban J connectivity index is 6.29. The summed E-state index contributed by atoms with van der Waals surface area (Å²) in [4.78, 5) is 9.56. The smallest absolute Gasteiger partial charge is 0.460 e. The average molecular weight is 363 g/mol. The van der Waals surface area contributed by atoms with Gasteiger partial charge in [0.1, 0.15) is 5.97 Å². The molecular formula is C7F13O2-. The Morgan fingerprint density at radius 2 is 0.818 bits per heavy atom. The lowest BCUT2D eigenvalue weighted by molar-refractivity contribution is -0.443. The molecule has 0 aromatic carbocycles. The Labute approximate surface area is 110 Å². The lowest BCUT2D eigenvalue weighted by atomic mass is 9.94. The Kier molecular flexibility index (Phi) is 4.46. The van der Waals surface area contributed by atoms with Crippen molar-refractivity contribution in [2.75, 3.05) is 0 Å². The van der Waals surface area contributed by atoms with Gasteiger partial charge in [0, 0.05) is 0 Å². The molecule has 0 bridgehead atoms. The lowest BCUT2D eigenvalue weighted by Crippen LogP contribution is -2.72. The van der Waals surface area contributed by atoms with E-state index >= 15 is 0 Å². The van der Waals surface area contributed by atoms with E-state index in [9.17, 15) is 67.0 Å². The fourth-order valence-corrected chi connectivity index (χ4v) is 0.898. The molecule has 0 amide bonds. The predicted molar refractivity (Wildman–Crippen MR) is 35.8 cm³/mol. The number of hydrogen-bond acceptors (Lipinski definition) is 2. The minimum atomic E-state index is -8.11. The molecule has 0 unspecified atom stereocenters. The maximum absolute atomic E-state index is 12.6. The van der Waals surface area contributed by atoms with Crippen molar-refractivity contribution >= 4 is 5.97 Å². The van der Waals surface area contributed by atoms with Gasteiger partial charge < -0.3 is 9.90 Å². The standard InChI is InChI=1S/C7HF13O2/c8-2(9,1(21)22)3(10,11)4(12,13)5(14,15)6(16,17)7(18,19)20/h(H,21,22)/p-1. The van der Waals surface area contributed by atoms with E-state index in [1.807, 2.05) is 0 Å². The van der Waals surface area contributed by atoms with Crippen molar-refractivity contribution in [2.24, 2.45) is 0 Å². The van der Waals surface area contributed by atoms with Gasteiger partial charge in [-0.2, -0.15) is 57.1 Å². The van der Waals surface area contributed by atoms with Crippen LogP contribution in [0, 0.1) is 0 Å². The van der Waals surface area contributed by atoms with E-state index in [4.69, 9.17) is 0 Å². The first-order chi connectivity index (χ1) is 9.19. The molecule has 0 aliphatic rings. The van der Waals surface area contributed by atoms with Crippen LogP contribution in [0.5, 0.6) is 0 Å². The van der Waals surface area contributed by atoms with Gasteiger partial charge in [0.05, 0.1) is 0 Å². The van der Waals surface area contributed by atoms with Gasteiger partial charge in [-0.15, -0.1) is 0 Å². The SMILES string of the molecule is O=C([O-])C(F)(F)C(F)(F)C(F)(F)C(F)(F)C(F)(F)C(F)(F)F. The zero-order valence-electron chi connectivity index (χ0n) is 9.23. The van der Waals surface area contributed by atoms with Crippen LogP contribution in [0.2, 0.25) is 0 Å². The van der Waals surface area contributed by atoms with Crippen LogP contribution >= 0.6 is 0 Å². The van der Waals surface area contributed by atoms with E-state index < -0.39 is 41.8 Å². The second-order valence-corrected chi connectivity index (χ2v) is 3.66. The number of carboxylic acids is 1. The van der Waals surface area contributed by atoms with Gasteiger partial charge in [-0.05, 0) is 0 Å². The van der Waals surface area contributed by atoms with Crippen molar-refractivity contribution in [1.29, 1.82) is 0 Å². The zero-order valence-corrected chi connectivity index (χ0v) is 9.23. The molecule has 0 aromatic heterocycles. The minimum Gasteiger partial charge on any atom is -0.544 e. The molecule has 0 saturated carbocycles. The monoisotopic (exact) mass is 363 g/mol.